The quantitative estimate of drug-likeness (QED) is 0.658. The predicted molar refractivity (Wildman–Crippen MR) is 128 cm³/mol. The van der Waals surface area contributed by atoms with Crippen molar-refractivity contribution in [2.45, 2.75) is 49.6 Å². The molecule has 2 heterocycles. The van der Waals surface area contributed by atoms with Gasteiger partial charge in [-0.25, -0.2) is 4.79 Å². The van der Waals surface area contributed by atoms with E-state index in [2.05, 4.69) is 29.6 Å². The van der Waals surface area contributed by atoms with Crippen LogP contribution in [0.2, 0.25) is 0 Å². The molecule has 2 atom stereocenters. The molecule has 0 spiro atoms. The van der Waals surface area contributed by atoms with Crippen LogP contribution in [-0.4, -0.2) is 65.9 Å². The van der Waals surface area contributed by atoms with Gasteiger partial charge in [0.1, 0.15) is 12.1 Å². The highest BCUT2D eigenvalue weighted by Gasteiger charge is 2.48. The van der Waals surface area contributed by atoms with Crippen LogP contribution in [0, 0.1) is 0 Å². The fourth-order valence-corrected chi connectivity index (χ4v) is 5.67. The minimum atomic E-state index is -1.24. The van der Waals surface area contributed by atoms with Gasteiger partial charge in [-0.2, -0.15) is 0 Å². The number of hydrogen-bond acceptors (Lipinski definition) is 5. The van der Waals surface area contributed by atoms with Gasteiger partial charge in [0.2, 0.25) is 0 Å². The number of carbonyl (C=O) groups excluding carboxylic acids is 2. The van der Waals surface area contributed by atoms with E-state index in [1.807, 2.05) is 24.3 Å². The molecule has 3 aliphatic rings. The van der Waals surface area contributed by atoms with Gasteiger partial charge in [-0.3, -0.25) is 9.59 Å². The molecule has 2 saturated heterocycles. The number of carboxylic acid groups (broad SMARTS) is 1. The molecule has 2 aromatic carbocycles. The summed E-state index contributed by atoms with van der Waals surface area (Å²) in [6.45, 7) is 1.01. The number of ether oxygens (including phenoxy) is 2. The summed E-state index contributed by atoms with van der Waals surface area (Å²) in [6, 6.07) is 15.8. The first-order valence-electron chi connectivity index (χ1n) is 12.2. The molecule has 0 saturated carbocycles. The van der Waals surface area contributed by atoms with Crippen LogP contribution in [-0.2, 0) is 19.1 Å². The molecule has 5 rings (SSSR count). The zero-order valence-electron chi connectivity index (χ0n) is 19.6. The summed E-state index contributed by atoms with van der Waals surface area (Å²) in [5.74, 6) is -1.30. The summed E-state index contributed by atoms with van der Waals surface area (Å²) >= 11 is 0. The van der Waals surface area contributed by atoms with Crippen molar-refractivity contribution in [2.75, 3.05) is 26.4 Å². The number of fused-ring (bicyclic) bond motifs is 3. The molecule has 1 aliphatic carbocycles. The molecule has 184 valence electrons. The Labute approximate surface area is 204 Å². The lowest BCUT2D eigenvalue weighted by Crippen LogP contribution is -2.63. The number of likely N-dealkylation sites (tertiary alicyclic amines) is 1. The average Bonchev–Trinajstić information content (AvgIpc) is 3.46. The maximum atomic E-state index is 13.6. The fraction of sp³-hybridized carbons (Fsp3) is 0.444. The van der Waals surface area contributed by atoms with Crippen LogP contribution in [0.5, 0.6) is 0 Å². The zero-order valence-corrected chi connectivity index (χ0v) is 19.6. The van der Waals surface area contributed by atoms with Gasteiger partial charge >= 0.3 is 12.1 Å². The Balaban J connectivity index is 1.29. The third-order valence-electron chi connectivity index (χ3n) is 7.41. The molecule has 8 nitrogen and oxygen atoms in total. The van der Waals surface area contributed by atoms with Gasteiger partial charge in [-0.1, -0.05) is 48.5 Å². The number of alkyl carbamates (subject to hydrolysis) is 1. The van der Waals surface area contributed by atoms with Gasteiger partial charge in [0.05, 0.1) is 13.0 Å². The van der Waals surface area contributed by atoms with Gasteiger partial charge in [0.25, 0.3) is 5.91 Å². The maximum absolute atomic E-state index is 13.6. The van der Waals surface area contributed by atoms with Crippen LogP contribution in [0.25, 0.3) is 11.1 Å². The summed E-state index contributed by atoms with van der Waals surface area (Å²) in [5, 5.41) is 12.1. The van der Waals surface area contributed by atoms with E-state index in [1.54, 1.807) is 4.90 Å². The topological polar surface area (TPSA) is 105 Å². The number of rotatable bonds is 6. The van der Waals surface area contributed by atoms with Crippen molar-refractivity contribution in [3.05, 3.63) is 59.7 Å². The molecule has 1 unspecified atom stereocenters. The van der Waals surface area contributed by atoms with Crippen molar-refractivity contribution >= 4 is 18.0 Å². The van der Waals surface area contributed by atoms with Crippen LogP contribution in [0.4, 0.5) is 4.79 Å². The summed E-state index contributed by atoms with van der Waals surface area (Å²) < 4.78 is 11.2. The Morgan fingerprint density at radius 3 is 2.37 bits per heavy atom. The predicted octanol–water partition coefficient (Wildman–Crippen LogP) is 3.54. The number of carboxylic acids is 1. The zero-order chi connectivity index (χ0) is 24.4. The molecule has 35 heavy (non-hydrogen) atoms. The molecule has 0 bridgehead atoms. The second kappa shape index (κ2) is 9.70. The Kier molecular flexibility index (Phi) is 6.47. The SMILES string of the molecule is O=C(O)C[C@H]1CCCCN1C(=O)C1(NC(=O)OCC2c3ccccc3-c3ccccc32)CCOC1. The van der Waals surface area contributed by atoms with Crippen LogP contribution in [0.3, 0.4) is 0 Å². The number of carbonyl (C=O) groups is 3. The number of aliphatic carboxylic acids is 1. The minimum absolute atomic E-state index is 0.0479. The number of benzene rings is 2. The van der Waals surface area contributed by atoms with E-state index in [9.17, 15) is 19.5 Å². The Bertz CT molecular complexity index is 1080. The van der Waals surface area contributed by atoms with Gasteiger partial charge in [-0.15, -0.1) is 0 Å². The van der Waals surface area contributed by atoms with Crippen molar-refractivity contribution in [3.8, 4) is 11.1 Å². The highest BCUT2D eigenvalue weighted by atomic mass is 16.6. The lowest BCUT2D eigenvalue weighted by atomic mass is 9.92. The lowest BCUT2D eigenvalue weighted by molar-refractivity contribution is -0.145. The normalized spacial score (nSPS) is 23.4. The van der Waals surface area contributed by atoms with Crippen molar-refractivity contribution < 1.29 is 29.0 Å². The molecule has 0 radical (unpaired) electrons. The first kappa shape index (κ1) is 23.4. The molecule has 2 N–H and O–H groups in total. The fourth-order valence-electron chi connectivity index (χ4n) is 5.67. The lowest BCUT2D eigenvalue weighted by Gasteiger charge is -2.40. The monoisotopic (exact) mass is 478 g/mol. The first-order chi connectivity index (χ1) is 17.0. The molecular formula is C27H30N2O6. The van der Waals surface area contributed by atoms with Crippen molar-refractivity contribution in [2.24, 2.45) is 0 Å². The van der Waals surface area contributed by atoms with Crippen LogP contribution < -0.4 is 5.32 Å². The van der Waals surface area contributed by atoms with E-state index >= 15 is 0 Å². The number of nitrogens with one attached hydrogen (secondary N) is 1. The minimum Gasteiger partial charge on any atom is -0.481 e. The van der Waals surface area contributed by atoms with Crippen molar-refractivity contribution in [3.63, 3.8) is 0 Å². The molecule has 0 aromatic heterocycles. The number of hydrogen-bond donors (Lipinski definition) is 2. The van der Waals surface area contributed by atoms with Gasteiger partial charge in [0.15, 0.2) is 0 Å². The van der Waals surface area contributed by atoms with Crippen molar-refractivity contribution in [1.29, 1.82) is 0 Å². The standard InChI is InChI=1S/C27H30N2O6/c30-24(31)15-18-7-5-6-13-29(18)25(32)27(12-14-34-17-27)28-26(33)35-16-23-21-10-3-1-8-19(21)20-9-2-4-11-22(20)23/h1-4,8-11,18,23H,5-7,12-17H2,(H,28,33)(H,30,31)/t18-,27?/m1/s1. The van der Waals surface area contributed by atoms with E-state index in [0.29, 0.717) is 26.0 Å². The number of amides is 2. The van der Waals surface area contributed by atoms with Gasteiger partial charge < -0.3 is 24.8 Å². The van der Waals surface area contributed by atoms with Crippen molar-refractivity contribution in [1.82, 2.24) is 10.2 Å². The molecule has 2 amide bonds. The third-order valence-corrected chi connectivity index (χ3v) is 7.41. The average molecular weight is 479 g/mol. The van der Waals surface area contributed by atoms with Crippen LogP contribution in [0.15, 0.2) is 48.5 Å². The smallest absolute Gasteiger partial charge is 0.408 e. The molecule has 2 fully saturated rings. The molecule has 2 aromatic rings. The highest BCUT2D eigenvalue weighted by Crippen LogP contribution is 2.44. The van der Waals surface area contributed by atoms with E-state index in [1.165, 1.54) is 0 Å². The van der Waals surface area contributed by atoms with E-state index in [4.69, 9.17) is 9.47 Å². The van der Waals surface area contributed by atoms with Gasteiger partial charge in [0, 0.05) is 31.5 Å². The van der Waals surface area contributed by atoms with Crippen LogP contribution >= 0.6 is 0 Å². The molecular weight excluding hydrogens is 448 g/mol. The highest BCUT2D eigenvalue weighted by molar-refractivity contribution is 5.91. The van der Waals surface area contributed by atoms with E-state index < -0.39 is 17.6 Å². The number of nitrogens with zero attached hydrogens (tertiary/aromatic N) is 1. The Hall–Kier alpha value is -3.39. The summed E-state index contributed by atoms with van der Waals surface area (Å²) in [4.78, 5) is 39.6. The third kappa shape index (κ3) is 4.50. The molecule has 8 heteroatoms. The Morgan fingerprint density at radius 2 is 1.74 bits per heavy atom. The summed E-state index contributed by atoms with van der Waals surface area (Å²) in [5.41, 5.74) is 3.27. The Morgan fingerprint density at radius 1 is 1.06 bits per heavy atom. The summed E-state index contributed by atoms with van der Waals surface area (Å²) in [6.07, 6.45) is 1.88. The van der Waals surface area contributed by atoms with Gasteiger partial charge in [-0.05, 0) is 41.5 Å². The number of piperidine rings is 1. The van der Waals surface area contributed by atoms with Crippen LogP contribution in [0.1, 0.15) is 49.1 Å². The second-order valence-electron chi connectivity index (χ2n) is 9.58. The second-order valence-corrected chi connectivity index (χ2v) is 9.58. The largest absolute Gasteiger partial charge is 0.481 e. The summed E-state index contributed by atoms with van der Waals surface area (Å²) in [7, 11) is 0. The van der Waals surface area contributed by atoms with E-state index in [-0.39, 0.29) is 37.5 Å². The molecule has 2 aliphatic heterocycles. The first-order valence-corrected chi connectivity index (χ1v) is 12.2. The maximum Gasteiger partial charge on any atom is 0.408 e. The van der Waals surface area contributed by atoms with E-state index in [0.717, 1.165) is 35.1 Å².